The second-order valence-corrected chi connectivity index (χ2v) is 6.24. The van der Waals surface area contributed by atoms with Crippen LogP contribution in [0.3, 0.4) is 0 Å². The van der Waals surface area contributed by atoms with Gasteiger partial charge < -0.3 is 10.6 Å². The van der Waals surface area contributed by atoms with E-state index in [2.05, 4.69) is 9.97 Å². The van der Waals surface area contributed by atoms with Gasteiger partial charge in [-0.25, -0.2) is 4.98 Å². The van der Waals surface area contributed by atoms with Gasteiger partial charge in [0.15, 0.2) is 0 Å². The quantitative estimate of drug-likeness (QED) is 0.664. The number of aromatic nitrogens is 2. The molecule has 1 aromatic rings. The number of nitrogens with zero attached hydrogens (tertiary/aromatic N) is 4. The Morgan fingerprint density at radius 3 is 2.48 bits per heavy atom. The minimum Gasteiger partial charge on any atom is -0.368 e. The van der Waals surface area contributed by atoms with Crippen LogP contribution in [-0.4, -0.2) is 28.0 Å². The van der Waals surface area contributed by atoms with Crippen molar-refractivity contribution in [2.75, 3.05) is 23.7 Å². The number of nitrogen functional groups attached to an aromatic ring is 1. The molecule has 0 amide bonds. The molecule has 3 rings (SSSR count). The summed E-state index contributed by atoms with van der Waals surface area (Å²) in [4.78, 5) is 20.5. The van der Waals surface area contributed by atoms with Gasteiger partial charge >= 0.3 is 5.69 Å². The van der Waals surface area contributed by atoms with Gasteiger partial charge in [-0.15, -0.1) is 0 Å². The minimum absolute atomic E-state index is 0.0520. The normalized spacial score (nSPS) is 21.4. The lowest BCUT2D eigenvalue weighted by Gasteiger charge is -2.44. The molecule has 2 heterocycles. The number of anilines is 2. The van der Waals surface area contributed by atoms with Gasteiger partial charge in [-0.05, 0) is 31.1 Å². The summed E-state index contributed by atoms with van der Waals surface area (Å²) in [6.07, 6.45) is 9.98. The Bertz CT molecular complexity index is 532. The average molecular weight is 291 g/mol. The number of nitrogens with two attached hydrogens (primary N) is 1. The summed E-state index contributed by atoms with van der Waals surface area (Å²) >= 11 is 0. The molecule has 0 unspecified atom stereocenters. The molecule has 2 fully saturated rings. The number of piperidine rings is 1. The molecule has 1 aliphatic heterocycles. The van der Waals surface area contributed by atoms with Crippen molar-refractivity contribution in [2.24, 2.45) is 5.41 Å². The fraction of sp³-hybridized carbons (Fsp3) is 0.714. The highest BCUT2D eigenvalue weighted by Gasteiger charge is 2.37. The van der Waals surface area contributed by atoms with E-state index in [1.165, 1.54) is 38.3 Å². The molecule has 1 saturated carbocycles. The molecule has 114 valence electrons. The lowest BCUT2D eigenvalue weighted by molar-refractivity contribution is -0.384. The van der Waals surface area contributed by atoms with E-state index in [9.17, 15) is 10.1 Å². The first kappa shape index (κ1) is 14.0. The largest absolute Gasteiger partial charge is 0.368 e. The fourth-order valence-corrected chi connectivity index (χ4v) is 3.74. The predicted octanol–water partition coefficient (Wildman–Crippen LogP) is 2.52. The number of rotatable bonds is 2. The summed E-state index contributed by atoms with van der Waals surface area (Å²) in [7, 11) is 0. The summed E-state index contributed by atoms with van der Waals surface area (Å²) in [5.41, 5.74) is 6.01. The van der Waals surface area contributed by atoms with Gasteiger partial charge in [0.2, 0.25) is 11.8 Å². The van der Waals surface area contributed by atoms with E-state index in [0.29, 0.717) is 11.2 Å². The zero-order chi connectivity index (χ0) is 14.9. The summed E-state index contributed by atoms with van der Waals surface area (Å²) in [5.74, 6) is 0.465. The minimum atomic E-state index is -0.431. The summed E-state index contributed by atoms with van der Waals surface area (Å²) in [6, 6.07) is 0. The highest BCUT2D eigenvalue weighted by molar-refractivity contribution is 5.58. The van der Waals surface area contributed by atoms with Gasteiger partial charge in [-0.3, -0.25) is 10.1 Å². The summed E-state index contributed by atoms with van der Waals surface area (Å²) in [5, 5.41) is 11.1. The summed E-state index contributed by atoms with van der Waals surface area (Å²) in [6.45, 7) is 1.63. The molecule has 21 heavy (non-hydrogen) atoms. The maximum Gasteiger partial charge on any atom is 0.329 e. The molecule has 7 nitrogen and oxygen atoms in total. The molecule has 1 aliphatic carbocycles. The Morgan fingerprint density at radius 2 is 1.86 bits per heavy atom. The second-order valence-electron chi connectivity index (χ2n) is 6.24. The molecule has 7 heteroatoms. The Balaban J connectivity index is 1.77. The van der Waals surface area contributed by atoms with E-state index in [1.54, 1.807) is 0 Å². The zero-order valence-electron chi connectivity index (χ0n) is 12.1. The van der Waals surface area contributed by atoms with Crippen LogP contribution in [0, 0.1) is 15.5 Å². The molecule has 0 atom stereocenters. The molecular weight excluding hydrogens is 270 g/mol. The van der Waals surface area contributed by atoms with E-state index in [4.69, 9.17) is 5.73 Å². The fourth-order valence-electron chi connectivity index (χ4n) is 3.74. The van der Waals surface area contributed by atoms with Crippen molar-refractivity contribution < 1.29 is 4.92 Å². The van der Waals surface area contributed by atoms with Crippen LogP contribution in [-0.2, 0) is 0 Å². The van der Waals surface area contributed by atoms with Gasteiger partial charge in [0.1, 0.15) is 6.20 Å². The zero-order valence-corrected chi connectivity index (χ0v) is 12.1. The maximum absolute atomic E-state index is 11.1. The molecule has 2 N–H and O–H groups in total. The lowest BCUT2D eigenvalue weighted by atomic mass is 9.68. The molecule has 0 aromatic carbocycles. The lowest BCUT2D eigenvalue weighted by Crippen LogP contribution is -2.41. The maximum atomic E-state index is 11.1. The molecule has 2 aliphatic rings. The predicted molar refractivity (Wildman–Crippen MR) is 80.1 cm³/mol. The van der Waals surface area contributed by atoms with Gasteiger partial charge in [0.05, 0.1) is 4.92 Å². The van der Waals surface area contributed by atoms with Crippen LogP contribution in [0.15, 0.2) is 6.20 Å². The molecular formula is C14H21N5O2. The van der Waals surface area contributed by atoms with Gasteiger partial charge in [0, 0.05) is 13.1 Å². The van der Waals surface area contributed by atoms with Crippen molar-refractivity contribution in [2.45, 2.75) is 44.9 Å². The second kappa shape index (κ2) is 5.46. The third-order valence-corrected chi connectivity index (χ3v) is 5.00. The highest BCUT2D eigenvalue weighted by atomic mass is 16.6. The van der Waals surface area contributed by atoms with Gasteiger partial charge in [0.25, 0.3) is 0 Å². The van der Waals surface area contributed by atoms with Crippen LogP contribution in [0.4, 0.5) is 17.5 Å². The van der Waals surface area contributed by atoms with Crippen LogP contribution in [0.5, 0.6) is 0 Å². The number of hydrogen-bond acceptors (Lipinski definition) is 6. The molecule has 0 radical (unpaired) electrons. The van der Waals surface area contributed by atoms with Crippen molar-refractivity contribution >= 4 is 17.5 Å². The number of nitro groups is 1. The first-order valence-corrected chi connectivity index (χ1v) is 7.62. The van der Waals surface area contributed by atoms with E-state index in [-0.39, 0.29) is 11.6 Å². The van der Waals surface area contributed by atoms with Crippen molar-refractivity contribution in [3.8, 4) is 0 Å². The topological polar surface area (TPSA) is 98.2 Å². The van der Waals surface area contributed by atoms with E-state index in [0.717, 1.165) is 25.9 Å². The van der Waals surface area contributed by atoms with Crippen molar-refractivity contribution in [3.05, 3.63) is 16.3 Å². The first-order valence-electron chi connectivity index (χ1n) is 7.62. The molecule has 1 spiro atoms. The number of hydrogen-bond donors (Lipinski definition) is 1. The first-order chi connectivity index (χ1) is 10.1. The molecule has 1 aromatic heterocycles. The third-order valence-electron chi connectivity index (χ3n) is 5.00. The Labute approximate surface area is 123 Å². The van der Waals surface area contributed by atoms with Crippen LogP contribution in [0.1, 0.15) is 44.9 Å². The Morgan fingerprint density at radius 1 is 1.19 bits per heavy atom. The van der Waals surface area contributed by atoms with Gasteiger partial charge in [-0.2, -0.15) is 4.98 Å². The third kappa shape index (κ3) is 2.77. The molecule has 1 saturated heterocycles. The summed E-state index contributed by atoms with van der Waals surface area (Å²) < 4.78 is 0. The van der Waals surface area contributed by atoms with Crippen LogP contribution >= 0.6 is 0 Å². The monoisotopic (exact) mass is 291 g/mol. The Hall–Kier alpha value is -1.92. The van der Waals surface area contributed by atoms with E-state index < -0.39 is 4.92 Å². The van der Waals surface area contributed by atoms with E-state index >= 15 is 0 Å². The van der Waals surface area contributed by atoms with Crippen molar-refractivity contribution in [1.29, 1.82) is 0 Å². The molecule has 0 bridgehead atoms. The van der Waals surface area contributed by atoms with Crippen molar-refractivity contribution in [3.63, 3.8) is 0 Å². The van der Waals surface area contributed by atoms with Gasteiger partial charge in [-0.1, -0.05) is 19.3 Å². The Kier molecular flexibility index (Phi) is 3.65. The van der Waals surface area contributed by atoms with Crippen molar-refractivity contribution in [1.82, 2.24) is 9.97 Å². The SMILES string of the molecule is Nc1ncc([N+](=O)[O-])c(N2CCC3(CCCCC3)CC2)n1. The van der Waals surface area contributed by atoms with Crippen LogP contribution in [0.2, 0.25) is 0 Å². The van der Waals surface area contributed by atoms with Crippen LogP contribution in [0.25, 0.3) is 0 Å². The van der Waals surface area contributed by atoms with Crippen LogP contribution < -0.4 is 10.6 Å². The average Bonchev–Trinajstić information content (AvgIpc) is 2.48. The smallest absolute Gasteiger partial charge is 0.329 e. The standard InChI is InChI=1S/C14H21N5O2/c15-13-16-10-11(19(20)21)12(17-13)18-8-6-14(7-9-18)4-2-1-3-5-14/h10H,1-9H2,(H2,15,16,17). The highest BCUT2D eigenvalue weighted by Crippen LogP contribution is 2.45. The van der Waals surface area contributed by atoms with E-state index in [1.807, 2.05) is 4.90 Å².